The molecule has 2 N–H and O–H groups in total. The molecular weight excluding hydrogens is 287 g/mol. The standard InChI is InChI=1S/C12H15O7P/c1-10(13)19-12-7-3-2-5-11(12)6-4-8-17-9-18-20(14,15)16/h2-7H,8-9H2,1H3,(H2,14,15,16)/b6-4+. The summed E-state index contributed by atoms with van der Waals surface area (Å²) in [6, 6.07) is 6.92. The first-order valence-corrected chi connectivity index (χ1v) is 7.13. The summed E-state index contributed by atoms with van der Waals surface area (Å²) in [7, 11) is -4.50. The number of rotatable bonds is 7. The van der Waals surface area contributed by atoms with E-state index in [1.807, 2.05) is 0 Å². The van der Waals surface area contributed by atoms with Crippen LogP contribution in [0.5, 0.6) is 5.75 Å². The second kappa shape index (κ2) is 7.94. The lowest BCUT2D eigenvalue weighted by molar-refractivity contribution is -0.131. The molecule has 110 valence electrons. The number of ether oxygens (including phenoxy) is 2. The fraction of sp³-hybridized carbons (Fsp3) is 0.250. The number of carbonyl (C=O) groups is 1. The summed E-state index contributed by atoms with van der Waals surface area (Å²) in [5.74, 6) is -0.000128. The quantitative estimate of drug-likeness (QED) is 0.260. The van der Waals surface area contributed by atoms with E-state index in [1.165, 1.54) is 6.92 Å². The van der Waals surface area contributed by atoms with Gasteiger partial charge in [0, 0.05) is 12.5 Å². The van der Waals surface area contributed by atoms with E-state index >= 15 is 0 Å². The van der Waals surface area contributed by atoms with Crippen molar-refractivity contribution in [2.24, 2.45) is 0 Å². The molecule has 0 bridgehead atoms. The van der Waals surface area contributed by atoms with Crippen molar-refractivity contribution in [3.05, 3.63) is 35.9 Å². The Labute approximate surface area is 116 Å². The predicted molar refractivity (Wildman–Crippen MR) is 70.7 cm³/mol. The van der Waals surface area contributed by atoms with E-state index in [0.29, 0.717) is 11.3 Å². The minimum Gasteiger partial charge on any atom is -0.426 e. The Morgan fingerprint density at radius 1 is 1.35 bits per heavy atom. The van der Waals surface area contributed by atoms with E-state index in [9.17, 15) is 9.36 Å². The Hall–Kier alpha value is -1.50. The van der Waals surface area contributed by atoms with E-state index < -0.39 is 20.6 Å². The van der Waals surface area contributed by atoms with E-state index in [1.54, 1.807) is 36.4 Å². The Bertz CT molecular complexity index is 520. The molecular formula is C12H15O7P. The first-order valence-electron chi connectivity index (χ1n) is 5.60. The van der Waals surface area contributed by atoms with Gasteiger partial charge in [-0.25, -0.2) is 4.57 Å². The van der Waals surface area contributed by atoms with Crippen LogP contribution in [0.25, 0.3) is 6.08 Å². The molecule has 0 aliphatic carbocycles. The second-order valence-electron chi connectivity index (χ2n) is 3.64. The van der Waals surface area contributed by atoms with Crippen molar-refractivity contribution in [2.75, 3.05) is 13.4 Å². The van der Waals surface area contributed by atoms with Gasteiger partial charge in [-0.05, 0) is 6.07 Å². The Morgan fingerprint density at radius 2 is 2.05 bits per heavy atom. The van der Waals surface area contributed by atoms with Crippen LogP contribution in [0.15, 0.2) is 30.3 Å². The molecule has 1 rings (SSSR count). The zero-order chi connectivity index (χ0) is 15.0. The molecule has 7 nitrogen and oxygen atoms in total. The third kappa shape index (κ3) is 7.18. The maximum Gasteiger partial charge on any atom is 0.471 e. The van der Waals surface area contributed by atoms with Gasteiger partial charge in [-0.3, -0.25) is 9.32 Å². The fourth-order valence-electron chi connectivity index (χ4n) is 1.26. The Balaban J connectivity index is 2.46. The molecule has 0 aliphatic heterocycles. The molecule has 0 spiro atoms. The molecule has 0 amide bonds. The highest BCUT2D eigenvalue weighted by Crippen LogP contribution is 2.35. The van der Waals surface area contributed by atoms with Gasteiger partial charge in [0.2, 0.25) is 0 Å². The smallest absolute Gasteiger partial charge is 0.426 e. The number of hydrogen-bond donors (Lipinski definition) is 2. The lowest BCUT2D eigenvalue weighted by atomic mass is 10.2. The van der Waals surface area contributed by atoms with Crippen LogP contribution in [0.3, 0.4) is 0 Å². The number of para-hydroxylation sites is 1. The molecule has 0 unspecified atom stereocenters. The summed E-state index contributed by atoms with van der Waals surface area (Å²) in [4.78, 5) is 27.7. The third-order valence-corrected chi connectivity index (χ3v) is 2.43. The van der Waals surface area contributed by atoms with Gasteiger partial charge in [-0.2, -0.15) is 0 Å². The predicted octanol–water partition coefficient (Wildman–Crippen LogP) is 1.71. The molecule has 0 fully saturated rings. The van der Waals surface area contributed by atoms with Crippen LogP contribution in [0.1, 0.15) is 12.5 Å². The topological polar surface area (TPSA) is 102 Å². The van der Waals surface area contributed by atoms with Crippen LogP contribution in [-0.2, 0) is 18.6 Å². The normalized spacial score (nSPS) is 11.8. The average Bonchev–Trinajstić information content (AvgIpc) is 2.33. The molecule has 0 radical (unpaired) electrons. The van der Waals surface area contributed by atoms with Crippen molar-refractivity contribution in [3.8, 4) is 5.75 Å². The molecule has 20 heavy (non-hydrogen) atoms. The van der Waals surface area contributed by atoms with Crippen molar-refractivity contribution in [1.29, 1.82) is 0 Å². The molecule has 0 aromatic heterocycles. The van der Waals surface area contributed by atoms with E-state index in [-0.39, 0.29) is 6.61 Å². The summed E-state index contributed by atoms with van der Waals surface area (Å²) in [5.41, 5.74) is 0.683. The molecule has 1 aromatic rings. The van der Waals surface area contributed by atoms with Crippen LogP contribution >= 0.6 is 7.82 Å². The van der Waals surface area contributed by atoms with Gasteiger partial charge in [0.15, 0.2) is 6.79 Å². The maximum atomic E-state index is 10.9. The highest BCUT2D eigenvalue weighted by molar-refractivity contribution is 7.46. The van der Waals surface area contributed by atoms with E-state index in [4.69, 9.17) is 19.3 Å². The molecule has 1 aromatic carbocycles. The number of esters is 1. The summed E-state index contributed by atoms with van der Waals surface area (Å²) < 4.78 is 24.3. The molecule has 0 aliphatic rings. The van der Waals surface area contributed by atoms with Crippen molar-refractivity contribution in [3.63, 3.8) is 0 Å². The van der Waals surface area contributed by atoms with Crippen molar-refractivity contribution >= 4 is 19.9 Å². The Morgan fingerprint density at radius 3 is 2.70 bits per heavy atom. The minimum atomic E-state index is -4.50. The van der Waals surface area contributed by atoms with Gasteiger partial charge in [-0.1, -0.05) is 30.4 Å². The van der Waals surface area contributed by atoms with Crippen molar-refractivity contribution in [2.45, 2.75) is 6.92 Å². The van der Waals surface area contributed by atoms with Gasteiger partial charge in [0.05, 0.1) is 6.61 Å². The number of hydrogen-bond acceptors (Lipinski definition) is 5. The van der Waals surface area contributed by atoms with Gasteiger partial charge in [0.1, 0.15) is 5.75 Å². The number of phosphoric ester groups is 1. The number of benzene rings is 1. The molecule has 0 atom stereocenters. The largest absolute Gasteiger partial charge is 0.471 e. The van der Waals surface area contributed by atoms with E-state index in [0.717, 1.165) is 0 Å². The van der Waals surface area contributed by atoms with Gasteiger partial charge in [-0.15, -0.1) is 0 Å². The first-order chi connectivity index (χ1) is 9.38. The number of phosphoric acid groups is 1. The Kier molecular flexibility index (Phi) is 6.57. The third-order valence-electron chi connectivity index (χ3n) is 1.99. The summed E-state index contributed by atoms with van der Waals surface area (Å²) in [6.07, 6.45) is 3.27. The molecule has 8 heteroatoms. The van der Waals surface area contributed by atoms with Crippen LogP contribution in [0, 0.1) is 0 Å². The van der Waals surface area contributed by atoms with Crippen LogP contribution in [0.4, 0.5) is 0 Å². The second-order valence-corrected chi connectivity index (χ2v) is 4.88. The van der Waals surface area contributed by atoms with Crippen molar-refractivity contribution in [1.82, 2.24) is 0 Å². The number of carbonyl (C=O) groups excluding carboxylic acids is 1. The van der Waals surface area contributed by atoms with Gasteiger partial charge in [0.25, 0.3) is 0 Å². The highest BCUT2D eigenvalue weighted by atomic mass is 31.2. The first kappa shape index (κ1) is 16.6. The summed E-state index contributed by atoms with van der Waals surface area (Å²) >= 11 is 0. The molecule has 0 saturated carbocycles. The van der Waals surface area contributed by atoms with Crippen LogP contribution in [-0.4, -0.2) is 29.2 Å². The van der Waals surface area contributed by atoms with Gasteiger partial charge >= 0.3 is 13.8 Å². The van der Waals surface area contributed by atoms with Crippen LogP contribution < -0.4 is 4.74 Å². The van der Waals surface area contributed by atoms with Crippen molar-refractivity contribution < 1.29 is 33.1 Å². The lowest BCUT2D eigenvalue weighted by Crippen LogP contribution is -2.02. The minimum absolute atomic E-state index is 0.0917. The monoisotopic (exact) mass is 302 g/mol. The summed E-state index contributed by atoms with van der Waals surface area (Å²) in [6.45, 7) is 0.887. The summed E-state index contributed by atoms with van der Waals surface area (Å²) in [5, 5.41) is 0. The lowest BCUT2D eigenvalue weighted by Gasteiger charge is -2.05. The zero-order valence-electron chi connectivity index (χ0n) is 10.8. The average molecular weight is 302 g/mol. The van der Waals surface area contributed by atoms with Crippen LogP contribution in [0.2, 0.25) is 0 Å². The molecule has 0 saturated heterocycles. The zero-order valence-corrected chi connectivity index (χ0v) is 11.7. The van der Waals surface area contributed by atoms with E-state index in [2.05, 4.69) is 4.52 Å². The fourth-order valence-corrected chi connectivity index (χ4v) is 1.48. The maximum absolute atomic E-state index is 10.9. The molecule has 0 heterocycles. The van der Waals surface area contributed by atoms with Gasteiger partial charge < -0.3 is 19.3 Å². The SMILES string of the molecule is CC(=O)Oc1ccccc1/C=C/COCOP(=O)(O)O. The highest BCUT2D eigenvalue weighted by Gasteiger charge is 2.12.